The maximum absolute atomic E-state index is 3.52. The second-order valence-electron chi connectivity index (χ2n) is 4.50. The molecule has 2 rings (SSSR count). The fourth-order valence-corrected chi connectivity index (χ4v) is 5.16. The summed E-state index contributed by atoms with van der Waals surface area (Å²) < 4.78 is 0. The smallest absolute Gasteiger partial charge is 0.0341 e. The van der Waals surface area contributed by atoms with Crippen LogP contribution in [-0.2, 0) is 0 Å². The van der Waals surface area contributed by atoms with Crippen LogP contribution in [-0.4, -0.2) is 31.9 Å². The Morgan fingerprint density at radius 3 is 2.17 bits per heavy atom. The molecule has 1 aromatic carbocycles. The molecule has 1 unspecified atom stereocenters. The molecule has 4 heteroatoms. The van der Waals surface area contributed by atoms with Crippen molar-refractivity contribution in [1.82, 2.24) is 5.32 Å². The van der Waals surface area contributed by atoms with E-state index in [0.29, 0.717) is 5.92 Å². The van der Waals surface area contributed by atoms with Crippen molar-refractivity contribution < 1.29 is 0 Å². The van der Waals surface area contributed by atoms with Gasteiger partial charge >= 0.3 is 0 Å². The van der Waals surface area contributed by atoms with Crippen molar-refractivity contribution in [2.75, 3.05) is 31.9 Å². The molecular weight excluding hydrogens is 278 g/mol. The lowest BCUT2D eigenvalue weighted by Gasteiger charge is -2.25. The average Bonchev–Trinajstić information content (AvgIpc) is 2.46. The van der Waals surface area contributed by atoms with Gasteiger partial charge in [-0.25, -0.2) is 0 Å². The van der Waals surface area contributed by atoms with Crippen molar-refractivity contribution in [3.63, 3.8) is 0 Å². The normalized spacial score (nSPS) is 20.1. The van der Waals surface area contributed by atoms with E-state index >= 15 is 0 Å². The summed E-state index contributed by atoms with van der Waals surface area (Å²) in [7, 11) is 0. The van der Waals surface area contributed by atoms with Gasteiger partial charge in [0.1, 0.15) is 0 Å². The molecule has 1 aromatic rings. The van der Waals surface area contributed by atoms with Crippen LogP contribution in [0, 0.1) is 0 Å². The van der Waals surface area contributed by atoms with Crippen LogP contribution in [0.2, 0.25) is 0 Å². The van der Waals surface area contributed by atoms with Crippen LogP contribution < -0.4 is 5.32 Å². The van der Waals surface area contributed by atoms with Crippen LogP contribution in [0.1, 0.15) is 24.3 Å². The van der Waals surface area contributed by atoms with Gasteiger partial charge in [-0.3, -0.25) is 0 Å². The second-order valence-corrected chi connectivity index (χ2v) is 7.01. The van der Waals surface area contributed by atoms with Gasteiger partial charge in [0.05, 0.1) is 0 Å². The number of hydrogen-bond donors (Lipinski definition) is 1. The lowest BCUT2D eigenvalue weighted by molar-refractivity contribution is 0.460. The van der Waals surface area contributed by atoms with E-state index in [1.165, 1.54) is 39.6 Å². The first-order chi connectivity index (χ1) is 8.80. The van der Waals surface area contributed by atoms with Gasteiger partial charge in [0.25, 0.3) is 0 Å². The lowest BCUT2D eigenvalue weighted by Crippen LogP contribution is -2.28. The predicted octanol–water partition coefficient (Wildman–Crippen LogP) is 4.32. The topological polar surface area (TPSA) is 12.0 Å². The fourth-order valence-electron chi connectivity index (χ4n) is 2.47. The first-order valence-electron chi connectivity index (χ1n) is 6.30. The van der Waals surface area contributed by atoms with Crippen molar-refractivity contribution in [3.8, 4) is 0 Å². The summed E-state index contributed by atoms with van der Waals surface area (Å²) in [4.78, 5) is 4.33. The minimum atomic E-state index is 0.700. The molecule has 0 bridgehead atoms. The van der Waals surface area contributed by atoms with Gasteiger partial charge in [-0.2, -0.15) is 0 Å². The van der Waals surface area contributed by atoms with E-state index in [0.717, 1.165) is 6.54 Å². The van der Waals surface area contributed by atoms with Crippen LogP contribution in [0.5, 0.6) is 0 Å². The summed E-state index contributed by atoms with van der Waals surface area (Å²) in [6.45, 7) is 2.32. The zero-order chi connectivity index (χ0) is 13.0. The van der Waals surface area contributed by atoms with Crippen LogP contribution in [0.15, 0.2) is 26.8 Å². The second kappa shape index (κ2) is 7.13. The number of nitrogens with one attached hydrogen (secondary N) is 1. The van der Waals surface area contributed by atoms with E-state index in [1.807, 2.05) is 35.3 Å². The maximum atomic E-state index is 3.52. The lowest BCUT2D eigenvalue weighted by atomic mass is 9.92. The Morgan fingerprint density at radius 2 is 1.72 bits per heavy atom. The summed E-state index contributed by atoms with van der Waals surface area (Å²) in [5.74, 6) is 0.700. The van der Waals surface area contributed by atoms with Gasteiger partial charge in [0, 0.05) is 21.2 Å². The van der Waals surface area contributed by atoms with Crippen LogP contribution >= 0.6 is 35.3 Å². The summed E-state index contributed by atoms with van der Waals surface area (Å²) in [5.41, 5.74) is 1.52. The molecule has 0 spiro atoms. The largest absolute Gasteiger partial charge is 0.316 e. The van der Waals surface area contributed by atoms with E-state index in [4.69, 9.17) is 0 Å². The molecule has 1 aliphatic heterocycles. The molecule has 1 heterocycles. The number of benzene rings is 1. The summed E-state index contributed by atoms with van der Waals surface area (Å²) in [6, 6.07) is 4.82. The van der Waals surface area contributed by atoms with Crippen molar-refractivity contribution in [2.45, 2.75) is 33.4 Å². The molecular formula is C14H21NS3. The Morgan fingerprint density at radius 1 is 1.06 bits per heavy atom. The minimum Gasteiger partial charge on any atom is -0.316 e. The fraction of sp³-hybridized carbons (Fsp3) is 0.571. The highest BCUT2D eigenvalue weighted by molar-refractivity contribution is 8.03. The SMILES string of the molecule is CSc1cc(C2CCCNC2)cc(SC)c1SC. The number of thioether (sulfide) groups is 3. The number of piperidine rings is 1. The molecule has 100 valence electrons. The first kappa shape index (κ1) is 14.6. The highest BCUT2D eigenvalue weighted by Gasteiger charge is 2.18. The molecule has 1 fully saturated rings. The van der Waals surface area contributed by atoms with E-state index in [9.17, 15) is 0 Å². The standard InChI is InChI=1S/C14H21NS3/c1-16-12-7-11(10-5-4-6-15-9-10)8-13(17-2)14(12)18-3/h7-8,10,15H,4-6,9H2,1-3H3. The Kier molecular flexibility index (Phi) is 5.80. The third-order valence-corrected chi connectivity index (χ3v) is 6.09. The highest BCUT2D eigenvalue weighted by Crippen LogP contribution is 2.39. The minimum absolute atomic E-state index is 0.700. The predicted molar refractivity (Wildman–Crippen MR) is 86.6 cm³/mol. The van der Waals surface area contributed by atoms with Gasteiger partial charge in [0.2, 0.25) is 0 Å². The molecule has 1 nitrogen and oxygen atoms in total. The molecule has 0 aliphatic carbocycles. The third-order valence-electron chi connectivity index (χ3n) is 3.46. The molecule has 0 aromatic heterocycles. The van der Waals surface area contributed by atoms with E-state index in [2.05, 4.69) is 36.2 Å². The van der Waals surface area contributed by atoms with Crippen molar-refractivity contribution in [2.24, 2.45) is 0 Å². The zero-order valence-corrected chi connectivity index (χ0v) is 13.7. The molecule has 0 radical (unpaired) electrons. The molecule has 0 amide bonds. The monoisotopic (exact) mass is 299 g/mol. The van der Waals surface area contributed by atoms with Gasteiger partial charge in [-0.05, 0) is 61.8 Å². The van der Waals surface area contributed by atoms with Gasteiger partial charge in [-0.15, -0.1) is 35.3 Å². The maximum Gasteiger partial charge on any atom is 0.0341 e. The Balaban J connectivity index is 2.35. The molecule has 1 atom stereocenters. The Bertz CT molecular complexity index is 375. The molecule has 1 saturated heterocycles. The first-order valence-corrected chi connectivity index (χ1v) is 9.98. The van der Waals surface area contributed by atoms with E-state index in [-0.39, 0.29) is 0 Å². The van der Waals surface area contributed by atoms with E-state index in [1.54, 1.807) is 0 Å². The summed E-state index contributed by atoms with van der Waals surface area (Å²) >= 11 is 5.62. The summed E-state index contributed by atoms with van der Waals surface area (Å²) in [5, 5.41) is 3.52. The quantitative estimate of drug-likeness (QED) is 0.831. The summed E-state index contributed by atoms with van der Waals surface area (Å²) in [6.07, 6.45) is 9.17. The van der Waals surface area contributed by atoms with Crippen LogP contribution in [0.3, 0.4) is 0 Å². The molecule has 0 saturated carbocycles. The highest BCUT2D eigenvalue weighted by atomic mass is 32.2. The van der Waals surface area contributed by atoms with Crippen molar-refractivity contribution >= 4 is 35.3 Å². The number of hydrogen-bond acceptors (Lipinski definition) is 4. The van der Waals surface area contributed by atoms with E-state index < -0.39 is 0 Å². The zero-order valence-electron chi connectivity index (χ0n) is 11.3. The van der Waals surface area contributed by atoms with Crippen LogP contribution in [0.25, 0.3) is 0 Å². The van der Waals surface area contributed by atoms with Gasteiger partial charge in [-0.1, -0.05) is 0 Å². The van der Waals surface area contributed by atoms with Crippen molar-refractivity contribution in [3.05, 3.63) is 17.7 Å². The average molecular weight is 300 g/mol. The van der Waals surface area contributed by atoms with Gasteiger partial charge < -0.3 is 5.32 Å². The Labute approximate surface area is 123 Å². The Hall–Kier alpha value is 0.230. The molecule has 1 aliphatic rings. The molecule has 18 heavy (non-hydrogen) atoms. The van der Waals surface area contributed by atoms with Crippen molar-refractivity contribution in [1.29, 1.82) is 0 Å². The molecule has 1 N–H and O–H groups in total. The van der Waals surface area contributed by atoms with Gasteiger partial charge in [0.15, 0.2) is 0 Å². The number of rotatable bonds is 4. The third kappa shape index (κ3) is 3.21. The van der Waals surface area contributed by atoms with Crippen LogP contribution in [0.4, 0.5) is 0 Å².